The second-order valence-corrected chi connectivity index (χ2v) is 9.87. The lowest BCUT2D eigenvalue weighted by atomic mass is 10.1. The van der Waals surface area contributed by atoms with Crippen LogP contribution < -0.4 is 10.6 Å². The Hall–Kier alpha value is -2.71. The smallest absolute Gasteiger partial charge is 0.243 e. The van der Waals surface area contributed by atoms with Gasteiger partial charge in [-0.2, -0.15) is 4.31 Å². The molecule has 2 aromatic rings. The molecule has 1 saturated heterocycles. The number of hydrogen-bond donors (Lipinski definition) is 2. The zero-order chi connectivity index (χ0) is 22.4. The molecule has 2 amide bonds. The monoisotopic (exact) mass is 443 g/mol. The lowest BCUT2D eigenvalue weighted by molar-refractivity contribution is -0.122. The Labute approximate surface area is 183 Å². The van der Waals surface area contributed by atoms with E-state index in [-0.39, 0.29) is 22.8 Å². The number of anilines is 1. The Morgan fingerprint density at radius 3 is 2.19 bits per heavy atom. The highest BCUT2D eigenvalue weighted by atomic mass is 32.2. The van der Waals surface area contributed by atoms with Gasteiger partial charge in [0.15, 0.2) is 0 Å². The largest absolute Gasteiger partial charge is 0.353 e. The average molecular weight is 444 g/mol. The second kappa shape index (κ2) is 10.1. The fraction of sp³-hybridized carbons (Fsp3) is 0.391. The van der Waals surface area contributed by atoms with Crippen LogP contribution in [0.25, 0.3) is 0 Å². The molecule has 0 aromatic heterocycles. The number of aryl methyl sites for hydroxylation is 2. The van der Waals surface area contributed by atoms with E-state index in [0.717, 1.165) is 5.56 Å². The summed E-state index contributed by atoms with van der Waals surface area (Å²) in [7, 11) is -3.60. The van der Waals surface area contributed by atoms with E-state index in [9.17, 15) is 18.0 Å². The van der Waals surface area contributed by atoms with Gasteiger partial charge >= 0.3 is 0 Å². The molecule has 166 valence electrons. The standard InChI is InChI=1S/C23H29N3O4S/c1-17-3-5-19(6-4-17)7-12-23(28)25-21-13-15-26(16-14-21)31(29,30)22-10-8-20(9-11-22)24-18(2)27/h3-6,8-11,21H,7,12-16H2,1-2H3,(H,24,27)(H,25,28). The minimum atomic E-state index is -3.60. The Kier molecular flexibility index (Phi) is 7.46. The van der Waals surface area contributed by atoms with Gasteiger partial charge in [0.05, 0.1) is 4.90 Å². The van der Waals surface area contributed by atoms with Crippen LogP contribution in [-0.2, 0) is 26.0 Å². The molecular weight excluding hydrogens is 414 g/mol. The number of piperidine rings is 1. The molecule has 0 aliphatic carbocycles. The number of amides is 2. The molecule has 0 saturated carbocycles. The van der Waals surface area contributed by atoms with Gasteiger partial charge in [-0.1, -0.05) is 29.8 Å². The molecule has 3 rings (SSSR count). The van der Waals surface area contributed by atoms with E-state index in [1.807, 2.05) is 31.2 Å². The lowest BCUT2D eigenvalue weighted by Crippen LogP contribution is -2.46. The van der Waals surface area contributed by atoms with E-state index in [1.54, 1.807) is 12.1 Å². The minimum Gasteiger partial charge on any atom is -0.353 e. The summed E-state index contributed by atoms with van der Waals surface area (Å²) in [5, 5.41) is 5.66. The van der Waals surface area contributed by atoms with Gasteiger partial charge in [0.1, 0.15) is 0 Å². The number of benzene rings is 2. The maximum Gasteiger partial charge on any atom is 0.243 e. The molecule has 1 aliphatic rings. The van der Waals surface area contributed by atoms with Gasteiger partial charge < -0.3 is 10.6 Å². The van der Waals surface area contributed by atoms with E-state index >= 15 is 0 Å². The van der Waals surface area contributed by atoms with Crippen LogP contribution >= 0.6 is 0 Å². The van der Waals surface area contributed by atoms with Crippen molar-refractivity contribution in [3.63, 3.8) is 0 Å². The van der Waals surface area contributed by atoms with E-state index < -0.39 is 10.0 Å². The maximum absolute atomic E-state index is 12.9. The third kappa shape index (κ3) is 6.38. The van der Waals surface area contributed by atoms with Crippen molar-refractivity contribution in [2.75, 3.05) is 18.4 Å². The van der Waals surface area contributed by atoms with Crippen LogP contribution in [0.3, 0.4) is 0 Å². The highest BCUT2D eigenvalue weighted by Crippen LogP contribution is 2.22. The molecule has 1 heterocycles. The molecule has 7 nitrogen and oxygen atoms in total. The Morgan fingerprint density at radius 1 is 1.00 bits per heavy atom. The van der Waals surface area contributed by atoms with Crippen LogP contribution in [-0.4, -0.2) is 43.7 Å². The second-order valence-electron chi connectivity index (χ2n) is 7.94. The number of carbonyl (C=O) groups excluding carboxylic acids is 2. The van der Waals surface area contributed by atoms with Crippen LogP contribution in [0.4, 0.5) is 5.69 Å². The van der Waals surface area contributed by atoms with Gasteiger partial charge in [-0.3, -0.25) is 9.59 Å². The number of rotatable bonds is 7. The highest BCUT2D eigenvalue weighted by Gasteiger charge is 2.29. The summed E-state index contributed by atoms with van der Waals surface area (Å²) in [6.45, 7) is 4.15. The molecule has 8 heteroatoms. The molecule has 0 spiro atoms. The number of hydrogen-bond acceptors (Lipinski definition) is 4. The predicted molar refractivity (Wildman–Crippen MR) is 120 cm³/mol. The zero-order valence-electron chi connectivity index (χ0n) is 17.9. The summed E-state index contributed by atoms with van der Waals surface area (Å²) in [6, 6.07) is 14.3. The van der Waals surface area contributed by atoms with Gasteiger partial charge in [0.2, 0.25) is 21.8 Å². The van der Waals surface area contributed by atoms with Crippen molar-refractivity contribution in [1.29, 1.82) is 0 Å². The average Bonchev–Trinajstić information content (AvgIpc) is 2.74. The lowest BCUT2D eigenvalue weighted by Gasteiger charge is -2.31. The summed E-state index contributed by atoms with van der Waals surface area (Å²) in [5.41, 5.74) is 2.88. The van der Waals surface area contributed by atoms with Crippen LogP contribution in [0.1, 0.15) is 37.3 Å². The van der Waals surface area contributed by atoms with Gasteiger partial charge in [-0.25, -0.2) is 8.42 Å². The third-order valence-corrected chi connectivity index (χ3v) is 7.31. The fourth-order valence-electron chi connectivity index (χ4n) is 3.62. The molecular formula is C23H29N3O4S. The first kappa shape index (κ1) is 23.0. The van der Waals surface area contributed by atoms with Crippen molar-refractivity contribution in [3.05, 3.63) is 59.7 Å². The van der Waals surface area contributed by atoms with E-state index in [1.165, 1.54) is 28.9 Å². The molecule has 0 radical (unpaired) electrons. The summed E-state index contributed by atoms with van der Waals surface area (Å²) in [5.74, 6) is -0.214. The van der Waals surface area contributed by atoms with Gasteiger partial charge in [-0.15, -0.1) is 0 Å². The molecule has 2 N–H and O–H groups in total. The van der Waals surface area contributed by atoms with E-state index in [0.29, 0.717) is 44.5 Å². The topological polar surface area (TPSA) is 95.6 Å². The van der Waals surface area contributed by atoms with Gasteiger partial charge in [-0.05, 0) is 56.0 Å². The molecule has 2 aromatic carbocycles. The summed E-state index contributed by atoms with van der Waals surface area (Å²) in [4.78, 5) is 23.6. The third-order valence-electron chi connectivity index (χ3n) is 5.39. The fourth-order valence-corrected chi connectivity index (χ4v) is 5.09. The Morgan fingerprint density at radius 2 is 1.61 bits per heavy atom. The van der Waals surface area contributed by atoms with Gasteiger partial charge in [0, 0.05) is 38.2 Å². The Balaban J connectivity index is 1.48. The normalized spacial score (nSPS) is 15.4. The zero-order valence-corrected chi connectivity index (χ0v) is 18.7. The van der Waals surface area contributed by atoms with Crippen LogP contribution in [0, 0.1) is 6.92 Å². The van der Waals surface area contributed by atoms with Crippen molar-refractivity contribution in [1.82, 2.24) is 9.62 Å². The number of nitrogens with zero attached hydrogens (tertiary/aromatic N) is 1. The van der Waals surface area contributed by atoms with Crippen molar-refractivity contribution in [2.24, 2.45) is 0 Å². The minimum absolute atomic E-state index is 0.00422. The summed E-state index contributed by atoms with van der Waals surface area (Å²) < 4.78 is 27.2. The quantitative estimate of drug-likeness (QED) is 0.688. The predicted octanol–water partition coefficient (Wildman–Crippen LogP) is 2.86. The first-order valence-electron chi connectivity index (χ1n) is 10.5. The molecule has 1 fully saturated rings. The van der Waals surface area contributed by atoms with Crippen LogP contribution in [0.5, 0.6) is 0 Å². The van der Waals surface area contributed by atoms with Crippen molar-refractivity contribution in [3.8, 4) is 0 Å². The molecule has 31 heavy (non-hydrogen) atoms. The number of carbonyl (C=O) groups is 2. The van der Waals surface area contributed by atoms with Crippen LogP contribution in [0.15, 0.2) is 53.4 Å². The summed E-state index contributed by atoms with van der Waals surface area (Å²) in [6.07, 6.45) is 2.27. The first-order chi connectivity index (χ1) is 14.7. The highest BCUT2D eigenvalue weighted by molar-refractivity contribution is 7.89. The Bertz CT molecular complexity index is 1010. The van der Waals surface area contributed by atoms with Crippen molar-refractivity contribution < 1.29 is 18.0 Å². The van der Waals surface area contributed by atoms with Gasteiger partial charge in [0.25, 0.3) is 0 Å². The molecule has 0 atom stereocenters. The maximum atomic E-state index is 12.9. The van der Waals surface area contributed by atoms with Crippen LogP contribution in [0.2, 0.25) is 0 Å². The number of nitrogens with one attached hydrogen (secondary N) is 2. The van der Waals surface area contributed by atoms with Crippen molar-refractivity contribution >= 4 is 27.5 Å². The van der Waals surface area contributed by atoms with E-state index in [4.69, 9.17) is 0 Å². The molecule has 0 unspecified atom stereocenters. The summed E-state index contributed by atoms with van der Waals surface area (Å²) >= 11 is 0. The molecule has 0 bridgehead atoms. The van der Waals surface area contributed by atoms with E-state index in [2.05, 4.69) is 10.6 Å². The number of sulfonamides is 1. The SMILES string of the molecule is CC(=O)Nc1ccc(S(=O)(=O)N2CCC(NC(=O)CCc3ccc(C)cc3)CC2)cc1. The first-order valence-corrected chi connectivity index (χ1v) is 11.9. The van der Waals surface area contributed by atoms with Crippen molar-refractivity contribution in [2.45, 2.75) is 50.5 Å². The molecule has 1 aliphatic heterocycles.